The van der Waals surface area contributed by atoms with Crippen LogP contribution in [0.3, 0.4) is 0 Å². The van der Waals surface area contributed by atoms with E-state index >= 15 is 0 Å². The van der Waals surface area contributed by atoms with Crippen LogP contribution < -0.4 is 10.1 Å². The fourth-order valence-electron chi connectivity index (χ4n) is 1.83. The highest BCUT2D eigenvalue weighted by Gasteiger charge is 2.10. The van der Waals surface area contributed by atoms with Crippen LogP contribution in [0.25, 0.3) is 0 Å². The second-order valence-electron chi connectivity index (χ2n) is 4.29. The van der Waals surface area contributed by atoms with Crippen LogP contribution in [-0.4, -0.2) is 13.7 Å². The Labute approximate surface area is 123 Å². The molecule has 0 aromatic heterocycles. The Bertz CT molecular complexity index is 557. The molecule has 2 aromatic rings. The quantitative estimate of drug-likeness (QED) is 0.866. The molecule has 0 saturated heterocycles. The van der Waals surface area contributed by atoms with Crippen LogP contribution in [0.1, 0.15) is 12.5 Å². The van der Waals surface area contributed by atoms with Gasteiger partial charge in [-0.05, 0) is 42.4 Å². The van der Waals surface area contributed by atoms with E-state index in [1.165, 1.54) is 17.8 Å². The molecule has 2 aromatic carbocycles. The van der Waals surface area contributed by atoms with E-state index in [0.29, 0.717) is 11.4 Å². The summed E-state index contributed by atoms with van der Waals surface area (Å²) in [6, 6.07) is 12.8. The Morgan fingerprint density at radius 3 is 2.55 bits per heavy atom. The summed E-state index contributed by atoms with van der Waals surface area (Å²) in [6.45, 7) is 3.57. The average molecular weight is 291 g/mol. The third kappa shape index (κ3) is 3.74. The Morgan fingerprint density at radius 2 is 1.90 bits per heavy atom. The van der Waals surface area contributed by atoms with Crippen molar-refractivity contribution in [2.45, 2.75) is 23.3 Å². The van der Waals surface area contributed by atoms with Gasteiger partial charge >= 0.3 is 0 Å². The van der Waals surface area contributed by atoms with Crippen LogP contribution in [-0.2, 0) is 6.54 Å². The molecule has 0 spiro atoms. The van der Waals surface area contributed by atoms with Crippen LogP contribution in [0.15, 0.2) is 52.3 Å². The first-order valence-electron chi connectivity index (χ1n) is 6.54. The zero-order valence-corrected chi connectivity index (χ0v) is 12.5. The number of methoxy groups -OCH3 is 1. The first-order chi connectivity index (χ1) is 9.74. The molecule has 0 bridgehead atoms. The highest BCUT2D eigenvalue weighted by Crippen LogP contribution is 2.33. The molecule has 1 N–H and O–H groups in total. The predicted octanol–water partition coefficient (Wildman–Crippen LogP) is 4.10. The minimum Gasteiger partial charge on any atom is -0.497 e. The molecule has 0 saturated carbocycles. The van der Waals surface area contributed by atoms with Crippen molar-refractivity contribution in [3.8, 4) is 5.75 Å². The van der Waals surface area contributed by atoms with Gasteiger partial charge in [0.25, 0.3) is 0 Å². The number of halogens is 1. The smallest absolute Gasteiger partial charge is 0.137 e. The van der Waals surface area contributed by atoms with Crippen molar-refractivity contribution in [1.82, 2.24) is 5.32 Å². The maximum atomic E-state index is 14.0. The molecule has 2 nitrogen and oxygen atoms in total. The molecule has 0 atom stereocenters. The second-order valence-corrected chi connectivity index (χ2v) is 5.37. The van der Waals surface area contributed by atoms with Crippen LogP contribution in [0.5, 0.6) is 5.75 Å². The summed E-state index contributed by atoms with van der Waals surface area (Å²) in [4.78, 5) is 1.67. The summed E-state index contributed by atoms with van der Waals surface area (Å²) in [5.41, 5.74) is 0.979. The van der Waals surface area contributed by atoms with Crippen LogP contribution in [0.4, 0.5) is 4.39 Å². The molecule has 0 aliphatic heterocycles. The maximum absolute atomic E-state index is 14.0. The van der Waals surface area contributed by atoms with Crippen LogP contribution in [0.2, 0.25) is 0 Å². The van der Waals surface area contributed by atoms with Gasteiger partial charge in [0.15, 0.2) is 0 Å². The van der Waals surface area contributed by atoms with E-state index in [2.05, 4.69) is 5.32 Å². The summed E-state index contributed by atoms with van der Waals surface area (Å²) in [5, 5.41) is 3.24. The van der Waals surface area contributed by atoms with Crippen molar-refractivity contribution >= 4 is 11.8 Å². The van der Waals surface area contributed by atoms with Gasteiger partial charge in [0.05, 0.1) is 12.0 Å². The molecule has 0 radical (unpaired) electrons. The highest BCUT2D eigenvalue weighted by atomic mass is 32.2. The fourth-order valence-corrected chi connectivity index (χ4v) is 2.77. The lowest BCUT2D eigenvalue weighted by atomic mass is 10.2. The van der Waals surface area contributed by atoms with Gasteiger partial charge in [-0.15, -0.1) is 0 Å². The van der Waals surface area contributed by atoms with Gasteiger partial charge in [-0.25, -0.2) is 4.39 Å². The van der Waals surface area contributed by atoms with Crippen LogP contribution >= 0.6 is 11.8 Å². The Balaban J connectivity index is 2.22. The molecule has 20 heavy (non-hydrogen) atoms. The van der Waals surface area contributed by atoms with E-state index in [0.717, 1.165) is 22.8 Å². The number of rotatable bonds is 6. The Morgan fingerprint density at radius 1 is 1.15 bits per heavy atom. The normalized spacial score (nSPS) is 10.6. The fraction of sp³-hybridized carbons (Fsp3) is 0.250. The molecule has 0 amide bonds. The van der Waals surface area contributed by atoms with Crippen molar-refractivity contribution < 1.29 is 9.13 Å². The molecular formula is C16H18FNOS. The van der Waals surface area contributed by atoms with Gasteiger partial charge < -0.3 is 10.1 Å². The van der Waals surface area contributed by atoms with Gasteiger partial charge in [0.2, 0.25) is 0 Å². The highest BCUT2D eigenvalue weighted by molar-refractivity contribution is 7.99. The minimum absolute atomic E-state index is 0.179. The van der Waals surface area contributed by atoms with Crippen molar-refractivity contribution in [1.29, 1.82) is 0 Å². The third-order valence-electron chi connectivity index (χ3n) is 2.89. The lowest BCUT2D eigenvalue weighted by Crippen LogP contribution is -2.12. The van der Waals surface area contributed by atoms with E-state index in [4.69, 9.17) is 4.74 Å². The Kier molecular flexibility index (Phi) is 5.44. The molecule has 0 aliphatic rings. The van der Waals surface area contributed by atoms with E-state index in [-0.39, 0.29) is 5.82 Å². The number of hydrogen-bond donors (Lipinski definition) is 1. The topological polar surface area (TPSA) is 21.3 Å². The van der Waals surface area contributed by atoms with E-state index in [1.807, 2.05) is 37.3 Å². The van der Waals surface area contributed by atoms with Gasteiger partial charge in [-0.1, -0.05) is 30.8 Å². The molecule has 0 unspecified atom stereocenters. The summed E-state index contributed by atoms with van der Waals surface area (Å²) in [7, 11) is 1.63. The van der Waals surface area contributed by atoms with Gasteiger partial charge in [-0.2, -0.15) is 0 Å². The van der Waals surface area contributed by atoms with Crippen molar-refractivity contribution in [3.63, 3.8) is 0 Å². The van der Waals surface area contributed by atoms with E-state index < -0.39 is 0 Å². The standard InChI is InChI=1S/C16H18FNOS/c1-3-18-11-12-5-4-6-15(17)16(12)20-14-9-7-13(19-2)8-10-14/h4-10,18H,3,11H2,1-2H3. The molecule has 106 valence electrons. The Hall–Kier alpha value is -1.52. The predicted molar refractivity (Wildman–Crippen MR) is 80.9 cm³/mol. The lowest BCUT2D eigenvalue weighted by molar-refractivity contribution is 0.414. The number of nitrogens with one attached hydrogen (secondary N) is 1. The third-order valence-corrected chi connectivity index (χ3v) is 4.06. The van der Waals surface area contributed by atoms with E-state index in [9.17, 15) is 4.39 Å². The number of benzene rings is 2. The van der Waals surface area contributed by atoms with Gasteiger partial charge in [0, 0.05) is 11.4 Å². The van der Waals surface area contributed by atoms with Crippen molar-refractivity contribution in [2.24, 2.45) is 0 Å². The average Bonchev–Trinajstić information content (AvgIpc) is 2.48. The van der Waals surface area contributed by atoms with Crippen molar-refractivity contribution in [3.05, 3.63) is 53.8 Å². The van der Waals surface area contributed by atoms with Crippen molar-refractivity contribution in [2.75, 3.05) is 13.7 Å². The monoisotopic (exact) mass is 291 g/mol. The first kappa shape index (κ1) is 14.9. The number of hydrogen-bond acceptors (Lipinski definition) is 3. The first-order valence-corrected chi connectivity index (χ1v) is 7.36. The summed E-state index contributed by atoms with van der Waals surface area (Å²) < 4.78 is 19.2. The van der Waals surface area contributed by atoms with Gasteiger partial charge in [0.1, 0.15) is 11.6 Å². The maximum Gasteiger partial charge on any atom is 0.137 e. The second kappa shape index (κ2) is 7.31. The molecule has 4 heteroatoms. The number of ether oxygens (including phenoxy) is 1. The van der Waals surface area contributed by atoms with Gasteiger partial charge in [-0.3, -0.25) is 0 Å². The molecular weight excluding hydrogens is 273 g/mol. The van der Waals surface area contributed by atoms with Crippen LogP contribution in [0, 0.1) is 5.82 Å². The zero-order chi connectivity index (χ0) is 14.4. The largest absolute Gasteiger partial charge is 0.497 e. The van der Waals surface area contributed by atoms with E-state index in [1.54, 1.807) is 13.2 Å². The summed E-state index contributed by atoms with van der Waals surface area (Å²) in [6.07, 6.45) is 0. The minimum atomic E-state index is -0.179. The molecule has 0 fully saturated rings. The lowest BCUT2D eigenvalue weighted by Gasteiger charge is -2.11. The molecule has 0 heterocycles. The summed E-state index contributed by atoms with van der Waals surface area (Å²) in [5.74, 6) is 0.622. The SMILES string of the molecule is CCNCc1cccc(F)c1Sc1ccc(OC)cc1. The molecule has 0 aliphatic carbocycles. The molecule has 2 rings (SSSR count). The summed E-state index contributed by atoms with van der Waals surface area (Å²) >= 11 is 1.44. The zero-order valence-electron chi connectivity index (χ0n) is 11.7.